The van der Waals surface area contributed by atoms with Gasteiger partial charge in [-0.15, -0.1) is 0 Å². The number of rotatable bonds is 3. The van der Waals surface area contributed by atoms with Crippen LogP contribution >= 0.6 is 0 Å². The maximum atomic E-state index is 13.7. The summed E-state index contributed by atoms with van der Waals surface area (Å²) in [6.45, 7) is 7.86. The lowest BCUT2D eigenvalue weighted by molar-refractivity contribution is -0.174. The molecule has 1 aliphatic heterocycles. The van der Waals surface area contributed by atoms with Crippen LogP contribution in [0.4, 0.5) is 19.0 Å². The van der Waals surface area contributed by atoms with E-state index in [0.29, 0.717) is 23.6 Å². The fraction of sp³-hybridized carbons (Fsp3) is 0.409. The summed E-state index contributed by atoms with van der Waals surface area (Å²) >= 11 is 0. The molecule has 1 aliphatic rings. The molecule has 0 radical (unpaired) electrons. The van der Waals surface area contributed by atoms with Gasteiger partial charge in [-0.05, 0) is 40.2 Å². The summed E-state index contributed by atoms with van der Waals surface area (Å²) in [6, 6.07) is 0.792. The fourth-order valence-corrected chi connectivity index (χ4v) is 4.64. The molecule has 12 heteroatoms. The first-order chi connectivity index (χ1) is 16.1. The maximum Gasteiger partial charge on any atom is 0.410 e. The van der Waals surface area contributed by atoms with Crippen molar-refractivity contribution in [3.8, 4) is 11.3 Å². The normalized spacial score (nSPS) is 18.5. The van der Waals surface area contributed by atoms with Crippen LogP contribution in [0, 0.1) is 13.8 Å². The molecule has 5 rings (SSSR count). The highest BCUT2D eigenvalue weighted by atomic mass is 19.4. The molecule has 0 bridgehead atoms. The zero-order chi connectivity index (χ0) is 24.4. The number of aryl methyl sites for hydroxylation is 2. The van der Waals surface area contributed by atoms with Crippen molar-refractivity contribution in [3.63, 3.8) is 0 Å². The number of anilines is 1. The molecule has 2 atom stereocenters. The summed E-state index contributed by atoms with van der Waals surface area (Å²) in [7, 11) is 0. The molecule has 0 aromatic carbocycles. The minimum Gasteiger partial charge on any atom is -0.290 e. The van der Waals surface area contributed by atoms with Crippen LogP contribution in [0.2, 0.25) is 0 Å². The third-order valence-corrected chi connectivity index (χ3v) is 6.29. The molecule has 0 aliphatic carbocycles. The van der Waals surface area contributed by atoms with Crippen molar-refractivity contribution >= 4 is 17.4 Å². The third-order valence-electron chi connectivity index (χ3n) is 6.29. The summed E-state index contributed by atoms with van der Waals surface area (Å²) in [4.78, 5) is 19.4. The smallest absolute Gasteiger partial charge is 0.290 e. The van der Waals surface area contributed by atoms with Gasteiger partial charge in [-0.3, -0.25) is 14.4 Å². The van der Waals surface area contributed by atoms with E-state index < -0.39 is 24.2 Å². The molecule has 4 aromatic rings. The van der Waals surface area contributed by atoms with E-state index in [4.69, 9.17) is 0 Å². The largest absolute Gasteiger partial charge is 0.410 e. The first-order valence-corrected chi connectivity index (χ1v) is 10.9. The molecule has 0 spiro atoms. The van der Waals surface area contributed by atoms with Crippen LogP contribution in [0.15, 0.2) is 30.7 Å². The van der Waals surface area contributed by atoms with Crippen LogP contribution in [0.1, 0.15) is 48.1 Å². The number of nitrogens with zero attached hydrogens (tertiary/aromatic N) is 8. The topological polar surface area (TPSA) is 86.1 Å². The Kier molecular flexibility index (Phi) is 4.99. The number of fused-ring (bicyclic) bond motifs is 2. The second-order valence-corrected chi connectivity index (χ2v) is 8.49. The SMILES string of the molecule is CCn1ncc(-c2ccnc3c(C(=O)N4c5cc(C)nn5[C@H](C(F)(F)F)C[C@H]4C)cnn23)c1C. The van der Waals surface area contributed by atoms with Gasteiger partial charge >= 0.3 is 6.18 Å². The second kappa shape index (κ2) is 7.67. The molecule has 0 saturated heterocycles. The first-order valence-electron chi connectivity index (χ1n) is 10.9. The highest BCUT2D eigenvalue weighted by Crippen LogP contribution is 2.42. The van der Waals surface area contributed by atoms with Crippen molar-refractivity contribution < 1.29 is 18.0 Å². The predicted octanol–water partition coefficient (Wildman–Crippen LogP) is 3.97. The van der Waals surface area contributed by atoms with Crippen molar-refractivity contribution in [1.82, 2.24) is 34.2 Å². The van der Waals surface area contributed by atoms with E-state index in [9.17, 15) is 18.0 Å². The summed E-state index contributed by atoms with van der Waals surface area (Å²) in [5, 5.41) is 12.8. The Hall–Kier alpha value is -3.70. The average Bonchev–Trinajstić information content (AvgIpc) is 3.47. The number of carbonyl (C=O) groups excluding carboxylic acids is 1. The molecule has 0 saturated carbocycles. The third kappa shape index (κ3) is 3.27. The van der Waals surface area contributed by atoms with E-state index in [2.05, 4.69) is 20.3 Å². The summed E-state index contributed by atoms with van der Waals surface area (Å²) in [6.07, 6.45) is -0.0412. The molecule has 34 heavy (non-hydrogen) atoms. The Bertz CT molecular complexity index is 1400. The summed E-state index contributed by atoms with van der Waals surface area (Å²) in [5.41, 5.74) is 3.43. The van der Waals surface area contributed by atoms with Crippen LogP contribution in [-0.2, 0) is 6.54 Å². The van der Waals surface area contributed by atoms with Gasteiger partial charge in [-0.2, -0.15) is 28.5 Å². The highest BCUT2D eigenvalue weighted by Gasteiger charge is 2.48. The van der Waals surface area contributed by atoms with Crippen LogP contribution < -0.4 is 4.90 Å². The minimum atomic E-state index is -4.47. The van der Waals surface area contributed by atoms with Gasteiger partial charge < -0.3 is 0 Å². The number of alkyl halides is 3. The Morgan fingerprint density at radius 3 is 2.65 bits per heavy atom. The minimum absolute atomic E-state index is 0.110. The lowest BCUT2D eigenvalue weighted by Crippen LogP contribution is -2.48. The zero-order valence-electron chi connectivity index (χ0n) is 19.1. The molecule has 5 heterocycles. The monoisotopic (exact) mass is 472 g/mol. The zero-order valence-corrected chi connectivity index (χ0v) is 19.1. The molecule has 0 fully saturated rings. The number of hydrogen-bond donors (Lipinski definition) is 0. The van der Waals surface area contributed by atoms with E-state index in [-0.39, 0.29) is 17.8 Å². The van der Waals surface area contributed by atoms with Crippen LogP contribution in [0.25, 0.3) is 16.9 Å². The van der Waals surface area contributed by atoms with E-state index >= 15 is 0 Å². The Morgan fingerprint density at radius 2 is 1.97 bits per heavy atom. The summed E-state index contributed by atoms with van der Waals surface area (Å²) in [5.74, 6) is -0.367. The average molecular weight is 472 g/mol. The quantitative estimate of drug-likeness (QED) is 0.451. The summed E-state index contributed by atoms with van der Waals surface area (Å²) < 4.78 is 45.4. The van der Waals surface area contributed by atoms with Gasteiger partial charge in [0.2, 0.25) is 0 Å². The van der Waals surface area contributed by atoms with Gasteiger partial charge in [0.05, 0.1) is 23.8 Å². The van der Waals surface area contributed by atoms with Crippen LogP contribution in [0.5, 0.6) is 0 Å². The Morgan fingerprint density at radius 1 is 1.21 bits per heavy atom. The standard InChI is InChI=1S/C22H23F3N8O/c1-5-30-14(4)15(10-27-30)17-6-7-26-20-16(11-28-32(17)20)21(34)31-13(3)9-18(22(23,24)25)33-19(31)8-12(2)29-33/h6-8,10-11,13,18H,5,9H2,1-4H3/t13-,18+/m1/s1. The van der Waals surface area contributed by atoms with Crippen molar-refractivity contribution in [2.75, 3.05) is 4.90 Å². The number of halogens is 3. The molecular weight excluding hydrogens is 449 g/mol. The fourth-order valence-electron chi connectivity index (χ4n) is 4.64. The van der Waals surface area contributed by atoms with Gasteiger partial charge in [0, 0.05) is 36.1 Å². The molecular formula is C22H23F3N8O. The molecule has 4 aromatic heterocycles. The van der Waals surface area contributed by atoms with Crippen molar-refractivity contribution in [2.45, 2.75) is 58.9 Å². The van der Waals surface area contributed by atoms with E-state index in [1.165, 1.54) is 17.2 Å². The molecule has 0 unspecified atom stereocenters. The van der Waals surface area contributed by atoms with Gasteiger partial charge in [-0.1, -0.05) is 0 Å². The van der Waals surface area contributed by atoms with Gasteiger partial charge in [0.15, 0.2) is 11.7 Å². The van der Waals surface area contributed by atoms with Gasteiger partial charge in [-0.25, -0.2) is 14.2 Å². The first kappa shape index (κ1) is 22.1. The lowest BCUT2D eigenvalue weighted by atomic mass is 10.0. The maximum absolute atomic E-state index is 13.7. The Labute approximate surface area is 192 Å². The molecule has 9 nitrogen and oxygen atoms in total. The van der Waals surface area contributed by atoms with E-state index in [1.54, 1.807) is 36.8 Å². The molecule has 0 N–H and O–H groups in total. The van der Waals surface area contributed by atoms with Crippen LogP contribution in [0.3, 0.4) is 0 Å². The van der Waals surface area contributed by atoms with Crippen LogP contribution in [-0.4, -0.2) is 52.3 Å². The van der Waals surface area contributed by atoms with Crippen molar-refractivity contribution in [1.29, 1.82) is 0 Å². The van der Waals surface area contributed by atoms with Crippen molar-refractivity contribution in [3.05, 3.63) is 47.7 Å². The van der Waals surface area contributed by atoms with Gasteiger partial charge in [0.1, 0.15) is 11.4 Å². The number of aromatic nitrogens is 7. The molecule has 1 amide bonds. The Balaban J connectivity index is 1.60. The number of hydrogen-bond acceptors (Lipinski definition) is 5. The predicted molar refractivity (Wildman–Crippen MR) is 118 cm³/mol. The van der Waals surface area contributed by atoms with Crippen molar-refractivity contribution in [2.24, 2.45) is 0 Å². The second-order valence-electron chi connectivity index (χ2n) is 8.49. The molecule has 178 valence electrons. The number of carbonyl (C=O) groups is 1. The number of amides is 1. The van der Waals surface area contributed by atoms with E-state index in [1.807, 2.05) is 18.5 Å². The van der Waals surface area contributed by atoms with Gasteiger partial charge in [0.25, 0.3) is 5.91 Å². The highest BCUT2D eigenvalue weighted by molar-refractivity contribution is 6.10. The lowest BCUT2D eigenvalue weighted by Gasteiger charge is -2.38. The van der Waals surface area contributed by atoms with E-state index in [0.717, 1.165) is 15.9 Å².